The van der Waals surface area contributed by atoms with Crippen molar-refractivity contribution in [1.82, 2.24) is 5.32 Å². The molecule has 1 N–H and O–H groups in total. The summed E-state index contributed by atoms with van der Waals surface area (Å²) >= 11 is 0. The molecule has 4 nitrogen and oxygen atoms in total. The van der Waals surface area contributed by atoms with Gasteiger partial charge in [-0.05, 0) is 31.0 Å². The Morgan fingerprint density at radius 2 is 1.68 bits per heavy atom. The first-order valence-electron chi connectivity index (χ1n) is 7.15. The van der Waals surface area contributed by atoms with Gasteiger partial charge in [0.1, 0.15) is 0 Å². The lowest BCUT2D eigenvalue weighted by Crippen LogP contribution is -2.31. The molecule has 2 rings (SSSR count). The van der Waals surface area contributed by atoms with Crippen LogP contribution >= 0.6 is 0 Å². The third kappa shape index (κ3) is 4.19. The van der Waals surface area contributed by atoms with E-state index in [-0.39, 0.29) is 18.6 Å². The highest BCUT2D eigenvalue weighted by Crippen LogP contribution is 2.11. The molecule has 0 radical (unpaired) electrons. The minimum Gasteiger partial charge on any atom is -0.452 e. The summed E-state index contributed by atoms with van der Waals surface area (Å²) in [5, 5.41) is 2.80. The van der Waals surface area contributed by atoms with Gasteiger partial charge in [0.15, 0.2) is 6.61 Å². The van der Waals surface area contributed by atoms with Gasteiger partial charge in [-0.2, -0.15) is 0 Å². The van der Waals surface area contributed by atoms with E-state index in [2.05, 4.69) is 5.32 Å². The second-order valence-electron chi connectivity index (χ2n) is 5.09. The molecule has 4 heteroatoms. The Morgan fingerprint density at radius 1 is 1.05 bits per heavy atom. The van der Waals surface area contributed by atoms with E-state index in [1.165, 1.54) is 0 Å². The molecule has 0 heterocycles. The number of hydrogen-bond acceptors (Lipinski definition) is 3. The molecule has 1 atom stereocenters. The van der Waals surface area contributed by atoms with Gasteiger partial charge < -0.3 is 10.1 Å². The van der Waals surface area contributed by atoms with Crippen LogP contribution in [-0.4, -0.2) is 18.5 Å². The topological polar surface area (TPSA) is 55.4 Å². The minimum atomic E-state index is -0.486. The summed E-state index contributed by atoms with van der Waals surface area (Å²) in [5.74, 6) is -0.807. The summed E-state index contributed by atoms with van der Waals surface area (Å²) in [6.07, 6.45) is 0. The Kier molecular flexibility index (Phi) is 5.31. The Morgan fingerprint density at radius 3 is 2.36 bits per heavy atom. The fraction of sp³-hybridized carbons (Fsp3) is 0.222. The van der Waals surface area contributed by atoms with Crippen LogP contribution in [0.2, 0.25) is 0 Å². The Balaban J connectivity index is 1.85. The maximum Gasteiger partial charge on any atom is 0.338 e. The molecule has 0 aliphatic heterocycles. The van der Waals surface area contributed by atoms with Crippen molar-refractivity contribution in [3.8, 4) is 0 Å². The molecule has 0 saturated carbocycles. The summed E-state index contributed by atoms with van der Waals surface area (Å²) in [5.41, 5.74) is 2.30. The smallest absolute Gasteiger partial charge is 0.338 e. The Bertz CT molecular complexity index is 652. The number of benzene rings is 2. The van der Waals surface area contributed by atoms with Gasteiger partial charge in [0.05, 0.1) is 11.6 Å². The van der Waals surface area contributed by atoms with Crippen LogP contribution in [0.25, 0.3) is 0 Å². The zero-order valence-electron chi connectivity index (χ0n) is 12.7. The summed E-state index contributed by atoms with van der Waals surface area (Å²) in [6.45, 7) is 3.43. The van der Waals surface area contributed by atoms with Crippen LogP contribution < -0.4 is 5.32 Å². The van der Waals surface area contributed by atoms with Crippen molar-refractivity contribution in [3.63, 3.8) is 0 Å². The number of ether oxygens (including phenoxy) is 1. The first-order chi connectivity index (χ1) is 10.6. The van der Waals surface area contributed by atoms with Crippen LogP contribution in [0.1, 0.15) is 34.5 Å². The van der Waals surface area contributed by atoms with Crippen molar-refractivity contribution >= 4 is 11.9 Å². The molecule has 2 aromatic carbocycles. The molecule has 22 heavy (non-hydrogen) atoms. The summed E-state index contributed by atoms with van der Waals surface area (Å²) < 4.78 is 5.06. The fourth-order valence-corrected chi connectivity index (χ4v) is 2.12. The van der Waals surface area contributed by atoms with Crippen molar-refractivity contribution in [2.75, 3.05) is 6.61 Å². The SMILES string of the molecule is Cc1ccccc1C(=O)OCC(=O)N[C@H](C)c1ccccc1. The average molecular weight is 297 g/mol. The molecule has 0 bridgehead atoms. The molecule has 2 aromatic rings. The number of carbonyl (C=O) groups excluding carboxylic acids is 2. The third-order valence-corrected chi connectivity index (χ3v) is 3.38. The highest BCUT2D eigenvalue weighted by Gasteiger charge is 2.14. The predicted molar refractivity (Wildman–Crippen MR) is 84.5 cm³/mol. The standard InChI is InChI=1S/C18H19NO3/c1-13-8-6-7-11-16(13)18(21)22-12-17(20)19-14(2)15-9-4-3-5-10-15/h3-11,14H,12H2,1-2H3,(H,19,20)/t14-/m1/s1. The van der Waals surface area contributed by atoms with E-state index in [1.54, 1.807) is 12.1 Å². The molecular formula is C18H19NO3. The van der Waals surface area contributed by atoms with Gasteiger partial charge in [0.2, 0.25) is 0 Å². The van der Waals surface area contributed by atoms with E-state index >= 15 is 0 Å². The first-order valence-corrected chi connectivity index (χ1v) is 7.15. The van der Waals surface area contributed by atoms with Crippen molar-refractivity contribution in [1.29, 1.82) is 0 Å². The number of hydrogen-bond donors (Lipinski definition) is 1. The second kappa shape index (κ2) is 7.41. The molecule has 0 fully saturated rings. The summed E-state index contributed by atoms with van der Waals surface area (Å²) in [7, 11) is 0. The summed E-state index contributed by atoms with van der Waals surface area (Å²) in [6, 6.07) is 16.6. The number of carbonyl (C=O) groups is 2. The number of aryl methyl sites for hydroxylation is 1. The molecule has 1 amide bonds. The first kappa shape index (κ1) is 15.8. The van der Waals surface area contributed by atoms with Gasteiger partial charge in [-0.15, -0.1) is 0 Å². The lowest BCUT2D eigenvalue weighted by molar-refractivity contribution is -0.124. The van der Waals surface area contributed by atoms with Crippen molar-refractivity contribution < 1.29 is 14.3 Å². The average Bonchev–Trinajstić information content (AvgIpc) is 2.54. The number of nitrogens with one attached hydrogen (secondary N) is 1. The van der Waals surface area contributed by atoms with Crippen molar-refractivity contribution in [2.24, 2.45) is 0 Å². The Labute approximate surface area is 130 Å². The van der Waals surface area contributed by atoms with Crippen LogP contribution in [0.4, 0.5) is 0 Å². The van der Waals surface area contributed by atoms with Gasteiger partial charge in [0.25, 0.3) is 5.91 Å². The highest BCUT2D eigenvalue weighted by atomic mass is 16.5. The van der Waals surface area contributed by atoms with Gasteiger partial charge in [-0.1, -0.05) is 48.5 Å². The molecule has 0 aliphatic rings. The normalized spacial score (nSPS) is 11.5. The zero-order valence-corrected chi connectivity index (χ0v) is 12.7. The Hall–Kier alpha value is -2.62. The molecule has 0 saturated heterocycles. The van der Waals surface area contributed by atoms with Gasteiger partial charge >= 0.3 is 5.97 Å². The summed E-state index contributed by atoms with van der Waals surface area (Å²) in [4.78, 5) is 23.8. The fourth-order valence-electron chi connectivity index (χ4n) is 2.12. The van der Waals surface area contributed by atoms with Crippen LogP contribution in [-0.2, 0) is 9.53 Å². The predicted octanol–water partition coefficient (Wildman–Crippen LogP) is 3.03. The van der Waals surface area contributed by atoms with E-state index in [0.717, 1.165) is 11.1 Å². The molecular weight excluding hydrogens is 278 g/mol. The molecule has 114 valence electrons. The van der Waals surface area contributed by atoms with Crippen molar-refractivity contribution in [2.45, 2.75) is 19.9 Å². The zero-order chi connectivity index (χ0) is 15.9. The number of esters is 1. The van der Waals surface area contributed by atoms with Gasteiger partial charge in [-0.3, -0.25) is 4.79 Å². The minimum absolute atomic E-state index is 0.133. The van der Waals surface area contributed by atoms with E-state index in [4.69, 9.17) is 4.74 Å². The van der Waals surface area contributed by atoms with Crippen molar-refractivity contribution in [3.05, 3.63) is 71.3 Å². The second-order valence-corrected chi connectivity index (χ2v) is 5.09. The van der Waals surface area contributed by atoms with Crippen LogP contribution in [0.15, 0.2) is 54.6 Å². The van der Waals surface area contributed by atoms with Crippen LogP contribution in [0.5, 0.6) is 0 Å². The molecule has 0 unspecified atom stereocenters. The third-order valence-electron chi connectivity index (χ3n) is 3.38. The highest BCUT2D eigenvalue weighted by molar-refractivity contribution is 5.92. The molecule has 0 aliphatic carbocycles. The van der Waals surface area contributed by atoms with E-state index in [9.17, 15) is 9.59 Å². The molecule has 0 spiro atoms. The maximum absolute atomic E-state index is 11.9. The van der Waals surface area contributed by atoms with E-state index in [0.29, 0.717) is 5.56 Å². The lowest BCUT2D eigenvalue weighted by Gasteiger charge is -2.14. The number of amides is 1. The maximum atomic E-state index is 11.9. The van der Waals surface area contributed by atoms with Crippen LogP contribution in [0.3, 0.4) is 0 Å². The monoisotopic (exact) mass is 297 g/mol. The number of rotatable bonds is 5. The van der Waals surface area contributed by atoms with E-state index in [1.807, 2.05) is 56.3 Å². The van der Waals surface area contributed by atoms with Crippen LogP contribution in [0, 0.1) is 6.92 Å². The van der Waals surface area contributed by atoms with Gasteiger partial charge in [0, 0.05) is 0 Å². The van der Waals surface area contributed by atoms with Gasteiger partial charge in [-0.25, -0.2) is 4.79 Å². The quantitative estimate of drug-likeness (QED) is 0.863. The largest absolute Gasteiger partial charge is 0.452 e. The van der Waals surface area contributed by atoms with E-state index < -0.39 is 5.97 Å². The lowest BCUT2D eigenvalue weighted by atomic mass is 10.1. The molecule has 0 aromatic heterocycles.